The van der Waals surface area contributed by atoms with E-state index < -0.39 is 23.7 Å². The minimum absolute atomic E-state index is 0.0400. The molecule has 0 aromatic heterocycles. The number of methoxy groups -OCH3 is 1. The van der Waals surface area contributed by atoms with Gasteiger partial charge in [0, 0.05) is 31.7 Å². The average molecular weight is 571 g/mol. The third kappa shape index (κ3) is 6.37. The highest BCUT2D eigenvalue weighted by Gasteiger charge is 2.45. The molecule has 0 saturated carbocycles. The summed E-state index contributed by atoms with van der Waals surface area (Å²) in [5.74, 6) is -1.18. The van der Waals surface area contributed by atoms with Crippen molar-refractivity contribution in [3.63, 3.8) is 0 Å². The molecule has 2 heterocycles. The Morgan fingerprint density at radius 1 is 0.881 bits per heavy atom. The molecule has 42 heavy (non-hydrogen) atoms. The van der Waals surface area contributed by atoms with Crippen molar-refractivity contribution in [2.75, 3.05) is 46.5 Å². The van der Waals surface area contributed by atoms with Crippen LogP contribution in [0, 0.1) is 6.92 Å². The van der Waals surface area contributed by atoms with E-state index >= 15 is 0 Å². The summed E-state index contributed by atoms with van der Waals surface area (Å²) in [5, 5.41) is 11.3. The number of aryl methyl sites for hydroxylation is 1. The highest BCUT2D eigenvalue weighted by molar-refractivity contribution is 6.46. The normalized spacial score (nSPS) is 18.7. The molecule has 2 fully saturated rings. The predicted octanol–water partition coefficient (Wildman–Crippen LogP) is 4.37. The van der Waals surface area contributed by atoms with Gasteiger partial charge in [0.2, 0.25) is 0 Å². The fraction of sp³-hybridized carbons (Fsp3) is 0.303. The Labute approximate surface area is 244 Å². The molecule has 0 spiro atoms. The third-order valence-electron chi connectivity index (χ3n) is 7.57. The van der Waals surface area contributed by atoms with E-state index in [-0.39, 0.29) is 11.3 Å². The number of carbonyl (C=O) groups excluding carboxylic acids is 3. The lowest BCUT2D eigenvalue weighted by Crippen LogP contribution is -2.38. The second-order valence-corrected chi connectivity index (χ2v) is 10.4. The van der Waals surface area contributed by atoms with Crippen LogP contribution in [0.4, 0.5) is 0 Å². The van der Waals surface area contributed by atoms with Crippen LogP contribution in [0.5, 0.6) is 11.5 Å². The maximum atomic E-state index is 13.3. The summed E-state index contributed by atoms with van der Waals surface area (Å²) >= 11 is 0. The standard InChI is InChI=1S/C33H34N2O7/c1-22-4-6-24(7-5-22)30(36)28-29(35(32(38)31(28)37)17-3-16-34-18-20-41-21-19-34)23-8-14-27(15-9-23)42-33(39)25-10-12-26(40-2)13-11-25/h4-15,29,36H,3,16-21H2,1-2H3. The van der Waals surface area contributed by atoms with Crippen LogP contribution < -0.4 is 9.47 Å². The monoisotopic (exact) mass is 570 g/mol. The summed E-state index contributed by atoms with van der Waals surface area (Å²) in [4.78, 5) is 43.1. The second-order valence-electron chi connectivity index (χ2n) is 10.4. The van der Waals surface area contributed by atoms with Crippen molar-refractivity contribution >= 4 is 23.4 Å². The SMILES string of the molecule is COc1ccc(C(=O)Oc2ccc(C3C(=C(O)c4ccc(C)cc4)C(=O)C(=O)N3CCCN3CCOCC3)cc2)cc1. The maximum absolute atomic E-state index is 13.3. The van der Waals surface area contributed by atoms with Crippen LogP contribution in [0.1, 0.15) is 39.5 Å². The number of ketones is 1. The molecule has 1 unspecified atom stereocenters. The fourth-order valence-electron chi connectivity index (χ4n) is 5.22. The van der Waals surface area contributed by atoms with E-state index in [0.29, 0.717) is 54.4 Å². The number of amides is 1. The van der Waals surface area contributed by atoms with Gasteiger partial charge in [-0.15, -0.1) is 0 Å². The summed E-state index contributed by atoms with van der Waals surface area (Å²) in [6.07, 6.45) is 0.658. The van der Waals surface area contributed by atoms with Gasteiger partial charge in [-0.05, 0) is 55.3 Å². The van der Waals surface area contributed by atoms with Crippen molar-refractivity contribution < 1.29 is 33.7 Å². The summed E-state index contributed by atoms with van der Waals surface area (Å²) in [6.45, 7) is 6.04. The minimum Gasteiger partial charge on any atom is -0.507 e. The third-order valence-corrected chi connectivity index (χ3v) is 7.57. The minimum atomic E-state index is -0.790. The van der Waals surface area contributed by atoms with E-state index in [1.807, 2.05) is 19.1 Å². The van der Waals surface area contributed by atoms with Gasteiger partial charge in [0.1, 0.15) is 17.3 Å². The number of morpholine rings is 1. The predicted molar refractivity (Wildman–Crippen MR) is 156 cm³/mol. The van der Waals surface area contributed by atoms with E-state index in [4.69, 9.17) is 14.2 Å². The molecule has 2 aliphatic rings. The molecule has 0 bridgehead atoms. The van der Waals surface area contributed by atoms with Gasteiger partial charge in [0.05, 0.1) is 37.5 Å². The molecular weight excluding hydrogens is 536 g/mol. The zero-order valence-electron chi connectivity index (χ0n) is 23.7. The molecule has 5 rings (SSSR count). The number of Topliss-reactive ketones (excluding diaryl/α,β-unsaturated/α-hetero) is 1. The Kier molecular flexibility index (Phi) is 9.00. The van der Waals surface area contributed by atoms with E-state index in [2.05, 4.69) is 4.90 Å². The van der Waals surface area contributed by atoms with Gasteiger partial charge < -0.3 is 24.2 Å². The Hall–Kier alpha value is -4.47. The van der Waals surface area contributed by atoms with Gasteiger partial charge in [-0.1, -0.05) is 42.0 Å². The topological polar surface area (TPSA) is 106 Å². The maximum Gasteiger partial charge on any atom is 0.343 e. The lowest BCUT2D eigenvalue weighted by Gasteiger charge is -2.29. The number of hydrogen-bond donors (Lipinski definition) is 1. The summed E-state index contributed by atoms with van der Waals surface area (Å²) < 4.78 is 16.1. The van der Waals surface area contributed by atoms with Crippen LogP contribution in [0.2, 0.25) is 0 Å². The lowest BCUT2D eigenvalue weighted by atomic mass is 9.95. The smallest absolute Gasteiger partial charge is 0.343 e. The Morgan fingerprint density at radius 2 is 1.50 bits per heavy atom. The number of esters is 1. The molecule has 0 radical (unpaired) electrons. The van der Waals surface area contributed by atoms with Gasteiger partial charge in [0.25, 0.3) is 11.7 Å². The van der Waals surface area contributed by atoms with E-state index in [0.717, 1.165) is 25.2 Å². The van der Waals surface area contributed by atoms with Gasteiger partial charge in [0.15, 0.2) is 0 Å². The van der Waals surface area contributed by atoms with Gasteiger partial charge >= 0.3 is 5.97 Å². The molecule has 2 aliphatic heterocycles. The highest BCUT2D eigenvalue weighted by atomic mass is 16.5. The molecule has 1 N–H and O–H groups in total. The number of rotatable bonds is 9. The lowest BCUT2D eigenvalue weighted by molar-refractivity contribution is -0.140. The Bertz CT molecular complexity index is 1460. The van der Waals surface area contributed by atoms with E-state index in [1.54, 1.807) is 67.8 Å². The molecule has 218 valence electrons. The van der Waals surface area contributed by atoms with Crippen molar-refractivity contribution in [2.45, 2.75) is 19.4 Å². The number of benzene rings is 3. The molecule has 9 heteroatoms. The summed E-state index contributed by atoms with van der Waals surface area (Å²) in [5.41, 5.74) is 2.50. The summed E-state index contributed by atoms with van der Waals surface area (Å²) in [7, 11) is 1.55. The van der Waals surface area contributed by atoms with Crippen LogP contribution in [0.25, 0.3) is 5.76 Å². The Balaban J connectivity index is 1.41. The van der Waals surface area contributed by atoms with Crippen molar-refractivity contribution in [3.8, 4) is 11.5 Å². The zero-order valence-corrected chi connectivity index (χ0v) is 23.7. The first-order valence-corrected chi connectivity index (χ1v) is 14.0. The number of ether oxygens (including phenoxy) is 3. The fourth-order valence-corrected chi connectivity index (χ4v) is 5.22. The van der Waals surface area contributed by atoms with Crippen LogP contribution in [0.3, 0.4) is 0 Å². The first-order valence-electron chi connectivity index (χ1n) is 14.0. The van der Waals surface area contributed by atoms with Crippen LogP contribution in [-0.4, -0.2) is 79.1 Å². The first-order chi connectivity index (χ1) is 20.4. The number of carbonyl (C=O) groups is 3. The molecule has 1 amide bonds. The van der Waals surface area contributed by atoms with Crippen molar-refractivity contribution in [1.82, 2.24) is 9.80 Å². The largest absolute Gasteiger partial charge is 0.507 e. The number of aliphatic hydroxyl groups excluding tert-OH is 1. The quantitative estimate of drug-likeness (QED) is 0.133. The number of nitrogens with zero attached hydrogens (tertiary/aromatic N) is 2. The second kappa shape index (κ2) is 13.0. The average Bonchev–Trinajstić information content (AvgIpc) is 3.27. The number of aliphatic hydroxyl groups is 1. The Morgan fingerprint density at radius 3 is 2.14 bits per heavy atom. The first kappa shape index (κ1) is 29.0. The number of hydrogen-bond acceptors (Lipinski definition) is 8. The van der Waals surface area contributed by atoms with Gasteiger partial charge in [-0.25, -0.2) is 4.79 Å². The molecule has 1 atom stereocenters. The van der Waals surface area contributed by atoms with Gasteiger partial charge in [-0.2, -0.15) is 0 Å². The highest BCUT2D eigenvalue weighted by Crippen LogP contribution is 2.40. The number of likely N-dealkylation sites (tertiary alicyclic amines) is 1. The molecule has 3 aromatic rings. The van der Waals surface area contributed by atoms with Crippen molar-refractivity contribution in [1.29, 1.82) is 0 Å². The zero-order chi connectivity index (χ0) is 29.6. The van der Waals surface area contributed by atoms with Crippen LogP contribution in [0.15, 0.2) is 78.4 Å². The molecule has 0 aliphatic carbocycles. The summed E-state index contributed by atoms with van der Waals surface area (Å²) in [6, 6.07) is 19.6. The van der Waals surface area contributed by atoms with E-state index in [9.17, 15) is 19.5 Å². The van der Waals surface area contributed by atoms with E-state index in [1.165, 1.54) is 4.90 Å². The molecule has 3 aromatic carbocycles. The van der Waals surface area contributed by atoms with Crippen molar-refractivity contribution in [3.05, 3.63) is 101 Å². The molecule has 2 saturated heterocycles. The van der Waals surface area contributed by atoms with Crippen LogP contribution in [-0.2, 0) is 14.3 Å². The molecule has 9 nitrogen and oxygen atoms in total. The van der Waals surface area contributed by atoms with Gasteiger partial charge in [-0.3, -0.25) is 14.5 Å². The van der Waals surface area contributed by atoms with Crippen molar-refractivity contribution in [2.24, 2.45) is 0 Å². The van der Waals surface area contributed by atoms with Crippen LogP contribution >= 0.6 is 0 Å². The molecular formula is C33H34N2O7.